The van der Waals surface area contributed by atoms with Gasteiger partial charge >= 0.3 is 0 Å². The third-order valence-electron chi connectivity index (χ3n) is 4.25. The lowest BCUT2D eigenvalue weighted by Crippen LogP contribution is -2.44. The van der Waals surface area contributed by atoms with Gasteiger partial charge in [-0.25, -0.2) is 0 Å². The molecule has 1 N–H and O–H groups in total. The Bertz CT molecular complexity index is 722. The van der Waals surface area contributed by atoms with E-state index >= 15 is 0 Å². The van der Waals surface area contributed by atoms with Gasteiger partial charge in [-0.05, 0) is 31.2 Å². The van der Waals surface area contributed by atoms with E-state index in [-0.39, 0.29) is 25.1 Å². The number of rotatable bonds is 7. The van der Waals surface area contributed by atoms with Gasteiger partial charge in [0.05, 0.1) is 13.2 Å². The number of piperazine rings is 1. The predicted octanol–water partition coefficient (Wildman–Crippen LogP) is 2.38. The number of methoxy groups -OCH3 is 1. The van der Waals surface area contributed by atoms with Gasteiger partial charge in [0.25, 0.3) is 5.89 Å². The molecule has 0 amide bonds. The van der Waals surface area contributed by atoms with E-state index in [9.17, 15) is 0 Å². The Labute approximate surface area is 159 Å². The van der Waals surface area contributed by atoms with Crippen LogP contribution >= 0.6 is 12.4 Å². The van der Waals surface area contributed by atoms with E-state index in [0.29, 0.717) is 23.2 Å². The molecule has 1 aromatic carbocycles. The molecule has 1 unspecified atom stereocenters. The van der Waals surface area contributed by atoms with Crippen molar-refractivity contribution < 1.29 is 14.0 Å². The largest absolute Gasteiger partial charge is 0.493 e. The SMILES string of the molecule is C=CCc1ccc(OCc2nc(C3CNCCN3C)no2)c(OC)c1.Cl. The molecule has 1 fully saturated rings. The van der Waals surface area contributed by atoms with Crippen molar-refractivity contribution >= 4 is 12.4 Å². The molecule has 1 aliphatic heterocycles. The molecule has 0 spiro atoms. The fourth-order valence-corrected chi connectivity index (χ4v) is 2.82. The van der Waals surface area contributed by atoms with E-state index in [0.717, 1.165) is 31.6 Å². The zero-order valence-corrected chi connectivity index (χ0v) is 15.9. The molecule has 2 heterocycles. The highest BCUT2D eigenvalue weighted by Gasteiger charge is 2.25. The lowest BCUT2D eigenvalue weighted by molar-refractivity contribution is 0.189. The number of aromatic nitrogens is 2. The molecule has 1 saturated heterocycles. The highest BCUT2D eigenvalue weighted by molar-refractivity contribution is 5.85. The van der Waals surface area contributed by atoms with Gasteiger partial charge in [-0.15, -0.1) is 19.0 Å². The van der Waals surface area contributed by atoms with Crippen molar-refractivity contribution in [2.24, 2.45) is 0 Å². The Morgan fingerprint density at radius 1 is 1.42 bits per heavy atom. The summed E-state index contributed by atoms with van der Waals surface area (Å²) in [4.78, 5) is 6.68. The fourth-order valence-electron chi connectivity index (χ4n) is 2.82. The topological polar surface area (TPSA) is 72.7 Å². The standard InChI is InChI=1S/C18H24N4O3.ClH/c1-4-5-13-6-7-15(16(10-13)23-3)24-12-17-20-18(21-25-17)14-11-19-8-9-22(14)2;/h4,6-7,10,14,19H,1,5,8-9,11-12H2,2-3H3;1H. The molecule has 1 atom stereocenters. The van der Waals surface area contributed by atoms with Gasteiger partial charge < -0.3 is 19.3 Å². The third-order valence-corrected chi connectivity index (χ3v) is 4.25. The van der Waals surface area contributed by atoms with Crippen LogP contribution in [0.4, 0.5) is 0 Å². The summed E-state index contributed by atoms with van der Waals surface area (Å²) in [5, 5.41) is 7.44. The van der Waals surface area contributed by atoms with Crippen molar-refractivity contribution in [2.75, 3.05) is 33.8 Å². The zero-order chi connectivity index (χ0) is 17.6. The summed E-state index contributed by atoms with van der Waals surface area (Å²) in [7, 11) is 3.68. The minimum Gasteiger partial charge on any atom is -0.493 e. The van der Waals surface area contributed by atoms with Crippen molar-refractivity contribution in [3.8, 4) is 11.5 Å². The van der Waals surface area contributed by atoms with Crippen molar-refractivity contribution in [3.63, 3.8) is 0 Å². The summed E-state index contributed by atoms with van der Waals surface area (Å²) in [6.07, 6.45) is 2.64. The molecule has 0 saturated carbocycles. The summed E-state index contributed by atoms with van der Waals surface area (Å²) in [5.74, 6) is 2.45. The quantitative estimate of drug-likeness (QED) is 0.739. The molecule has 0 aliphatic carbocycles. The first-order chi connectivity index (χ1) is 12.2. The number of benzene rings is 1. The molecule has 26 heavy (non-hydrogen) atoms. The molecule has 3 rings (SSSR count). The van der Waals surface area contributed by atoms with E-state index in [4.69, 9.17) is 14.0 Å². The van der Waals surface area contributed by atoms with E-state index in [1.54, 1.807) is 7.11 Å². The minimum absolute atomic E-state index is 0. The van der Waals surface area contributed by atoms with Gasteiger partial charge in [0.2, 0.25) is 0 Å². The summed E-state index contributed by atoms with van der Waals surface area (Å²) in [6, 6.07) is 5.94. The molecule has 0 bridgehead atoms. The van der Waals surface area contributed by atoms with Gasteiger partial charge in [-0.1, -0.05) is 17.3 Å². The van der Waals surface area contributed by atoms with Crippen LogP contribution in [0.5, 0.6) is 11.5 Å². The van der Waals surface area contributed by atoms with Crippen LogP contribution < -0.4 is 14.8 Å². The number of nitrogens with one attached hydrogen (secondary N) is 1. The molecule has 2 aromatic rings. The summed E-state index contributed by atoms with van der Waals surface area (Å²) in [6.45, 7) is 6.70. The summed E-state index contributed by atoms with van der Waals surface area (Å²) >= 11 is 0. The number of hydrogen-bond acceptors (Lipinski definition) is 7. The zero-order valence-electron chi connectivity index (χ0n) is 15.1. The Balaban J connectivity index is 0.00000243. The average Bonchev–Trinajstić information content (AvgIpc) is 3.10. The van der Waals surface area contributed by atoms with Crippen molar-refractivity contribution in [3.05, 3.63) is 48.1 Å². The highest BCUT2D eigenvalue weighted by Crippen LogP contribution is 2.29. The van der Waals surface area contributed by atoms with E-state index < -0.39 is 0 Å². The van der Waals surface area contributed by atoms with Gasteiger partial charge in [0.1, 0.15) is 0 Å². The smallest absolute Gasteiger partial charge is 0.264 e. The number of hydrogen-bond donors (Lipinski definition) is 1. The summed E-state index contributed by atoms with van der Waals surface area (Å²) < 4.78 is 16.5. The van der Waals surface area contributed by atoms with Crippen LogP contribution in [0.15, 0.2) is 35.4 Å². The van der Waals surface area contributed by atoms with Crippen molar-refractivity contribution in [1.29, 1.82) is 0 Å². The third kappa shape index (κ3) is 4.75. The molecule has 1 aliphatic rings. The minimum atomic E-state index is 0. The maximum atomic E-state index is 5.80. The van der Waals surface area contributed by atoms with Gasteiger partial charge in [-0.2, -0.15) is 4.98 Å². The fraction of sp³-hybridized carbons (Fsp3) is 0.444. The van der Waals surface area contributed by atoms with Gasteiger partial charge in [0, 0.05) is 19.6 Å². The second-order valence-corrected chi connectivity index (χ2v) is 6.01. The Hall–Kier alpha value is -2.09. The first-order valence-electron chi connectivity index (χ1n) is 8.35. The normalized spacial score (nSPS) is 17.4. The van der Waals surface area contributed by atoms with E-state index in [2.05, 4.69) is 34.0 Å². The van der Waals surface area contributed by atoms with Crippen LogP contribution in [0, 0.1) is 0 Å². The lowest BCUT2D eigenvalue weighted by atomic mass is 10.1. The van der Waals surface area contributed by atoms with Crippen LogP contribution in [-0.2, 0) is 13.0 Å². The number of allylic oxidation sites excluding steroid dienone is 1. The summed E-state index contributed by atoms with van der Waals surface area (Å²) in [5.41, 5.74) is 1.12. The van der Waals surface area contributed by atoms with Crippen LogP contribution in [0.3, 0.4) is 0 Å². The number of halogens is 1. The van der Waals surface area contributed by atoms with Crippen LogP contribution in [0.1, 0.15) is 23.3 Å². The number of nitrogens with zero attached hydrogens (tertiary/aromatic N) is 3. The molecule has 7 nitrogen and oxygen atoms in total. The number of ether oxygens (including phenoxy) is 2. The second kappa shape index (κ2) is 9.56. The average molecular weight is 381 g/mol. The maximum absolute atomic E-state index is 5.80. The van der Waals surface area contributed by atoms with Crippen LogP contribution in [0.2, 0.25) is 0 Å². The van der Waals surface area contributed by atoms with Crippen molar-refractivity contribution in [1.82, 2.24) is 20.4 Å². The molecular weight excluding hydrogens is 356 g/mol. The lowest BCUT2D eigenvalue weighted by Gasteiger charge is -2.30. The first-order valence-corrected chi connectivity index (χ1v) is 8.35. The Kier molecular flexibility index (Phi) is 7.44. The molecule has 142 valence electrons. The van der Waals surface area contributed by atoms with E-state index in [1.165, 1.54) is 0 Å². The Morgan fingerprint density at radius 3 is 3.00 bits per heavy atom. The first kappa shape index (κ1) is 20.2. The molecule has 0 radical (unpaired) electrons. The highest BCUT2D eigenvalue weighted by atomic mass is 35.5. The monoisotopic (exact) mass is 380 g/mol. The van der Waals surface area contributed by atoms with Gasteiger partial charge in [-0.3, -0.25) is 4.90 Å². The number of likely N-dealkylation sites (N-methyl/N-ethyl adjacent to an activating group) is 1. The molecule has 8 heteroatoms. The second-order valence-electron chi connectivity index (χ2n) is 6.01. The maximum Gasteiger partial charge on any atom is 0.264 e. The van der Waals surface area contributed by atoms with E-state index in [1.807, 2.05) is 24.3 Å². The van der Waals surface area contributed by atoms with Crippen molar-refractivity contribution in [2.45, 2.75) is 19.1 Å². The van der Waals surface area contributed by atoms with Gasteiger partial charge in [0.15, 0.2) is 23.9 Å². The molecule has 1 aromatic heterocycles. The Morgan fingerprint density at radius 2 is 2.27 bits per heavy atom. The molecular formula is C18H25ClN4O3. The predicted molar refractivity (Wildman–Crippen MR) is 101 cm³/mol. The van der Waals surface area contributed by atoms with Crippen LogP contribution in [0.25, 0.3) is 0 Å². The van der Waals surface area contributed by atoms with Crippen LogP contribution in [-0.4, -0.2) is 48.8 Å².